The first-order valence-corrected chi connectivity index (χ1v) is 11.7. The molecule has 0 N–H and O–H groups in total. The number of aromatic nitrogens is 2. The molecule has 1 aromatic heterocycles. The highest BCUT2D eigenvalue weighted by molar-refractivity contribution is 7.89. The number of halogens is 1. The summed E-state index contributed by atoms with van der Waals surface area (Å²) in [5, 5.41) is 20.2. The van der Waals surface area contributed by atoms with Crippen molar-refractivity contribution in [2.45, 2.75) is 11.8 Å². The molecule has 0 atom stereocenters. The number of hydrogen-bond acceptors (Lipinski definition) is 7. The smallest absolute Gasteiger partial charge is 0.270 e. The molecule has 166 valence electrons. The Labute approximate surface area is 190 Å². The Hall–Kier alpha value is -3.08. The molecule has 3 aromatic rings. The van der Waals surface area contributed by atoms with Gasteiger partial charge < -0.3 is 4.90 Å². The minimum Gasteiger partial charge on any atom is -0.352 e. The van der Waals surface area contributed by atoms with Crippen molar-refractivity contribution in [1.82, 2.24) is 14.5 Å². The van der Waals surface area contributed by atoms with E-state index in [4.69, 9.17) is 11.6 Å². The maximum absolute atomic E-state index is 13.1. The van der Waals surface area contributed by atoms with Crippen LogP contribution in [0.1, 0.15) is 5.56 Å². The molecule has 1 fully saturated rings. The van der Waals surface area contributed by atoms with Crippen LogP contribution in [0.15, 0.2) is 59.5 Å². The van der Waals surface area contributed by atoms with Gasteiger partial charge in [-0.3, -0.25) is 10.1 Å². The van der Waals surface area contributed by atoms with Gasteiger partial charge in [0.15, 0.2) is 5.82 Å². The molecule has 0 radical (unpaired) electrons. The zero-order valence-corrected chi connectivity index (χ0v) is 18.8. The lowest BCUT2D eigenvalue weighted by molar-refractivity contribution is -0.385. The molecular formula is C21H20ClN5O4S. The second-order valence-corrected chi connectivity index (χ2v) is 9.67. The van der Waals surface area contributed by atoms with E-state index in [9.17, 15) is 18.5 Å². The molecule has 1 saturated heterocycles. The zero-order chi connectivity index (χ0) is 22.9. The summed E-state index contributed by atoms with van der Waals surface area (Å²) in [4.78, 5) is 12.4. The lowest BCUT2D eigenvalue weighted by Gasteiger charge is -2.34. The van der Waals surface area contributed by atoms with E-state index >= 15 is 0 Å². The second-order valence-electron chi connectivity index (χ2n) is 7.35. The number of hydrogen-bond donors (Lipinski definition) is 0. The molecule has 32 heavy (non-hydrogen) atoms. The zero-order valence-electron chi connectivity index (χ0n) is 17.2. The summed E-state index contributed by atoms with van der Waals surface area (Å²) >= 11 is 6.22. The lowest BCUT2D eigenvalue weighted by Crippen LogP contribution is -2.49. The Morgan fingerprint density at radius 1 is 1.00 bits per heavy atom. The highest BCUT2D eigenvalue weighted by Gasteiger charge is 2.31. The van der Waals surface area contributed by atoms with E-state index in [-0.39, 0.29) is 23.7 Å². The molecule has 4 rings (SSSR count). The first kappa shape index (κ1) is 22.1. The van der Waals surface area contributed by atoms with E-state index < -0.39 is 14.9 Å². The van der Waals surface area contributed by atoms with Gasteiger partial charge in [0, 0.05) is 43.9 Å². The van der Waals surface area contributed by atoms with Gasteiger partial charge in [0.05, 0.1) is 20.5 Å². The summed E-state index contributed by atoms with van der Waals surface area (Å²) in [7, 11) is -3.85. The molecule has 0 amide bonds. The first-order chi connectivity index (χ1) is 15.3. The highest BCUT2D eigenvalue weighted by atomic mass is 35.5. The highest BCUT2D eigenvalue weighted by Crippen LogP contribution is 2.28. The molecule has 0 saturated carbocycles. The van der Waals surface area contributed by atoms with Crippen molar-refractivity contribution in [3.8, 4) is 11.3 Å². The molecule has 9 nitrogen and oxygen atoms in total. The predicted octanol–water partition coefficient (Wildman–Crippen LogP) is 3.52. The van der Waals surface area contributed by atoms with Crippen LogP contribution in [0, 0.1) is 17.0 Å². The van der Waals surface area contributed by atoms with Crippen LogP contribution in [-0.2, 0) is 10.0 Å². The molecule has 2 heterocycles. The van der Waals surface area contributed by atoms with Crippen LogP contribution in [0.2, 0.25) is 5.02 Å². The fourth-order valence-electron chi connectivity index (χ4n) is 3.58. The number of non-ortho nitro benzene ring substituents is 1. The van der Waals surface area contributed by atoms with Gasteiger partial charge >= 0.3 is 0 Å². The van der Waals surface area contributed by atoms with Gasteiger partial charge in [-0.1, -0.05) is 35.9 Å². The minimum atomic E-state index is -3.85. The minimum absolute atomic E-state index is 0.0379. The third-order valence-corrected chi connectivity index (χ3v) is 7.73. The van der Waals surface area contributed by atoms with Crippen LogP contribution in [0.3, 0.4) is 0 Å². The van der Waals surface area contributed by atoms with Crippen LogP contribution in [0.25, 0.3) is 11.3 Å². The van der Waals surface area contributed by atoms with Crippen molar-refractivity contribution in [2.75, 3.05) is 31.1 Å². The van der Waals surface area contributed by atoms with Gasteiger partial charge in [-0.25, -0.2) is 8.42 Å². The number of benzene rings is 2. The molecule has 0 bridgehead atoms. The average Bonchev–Trinajstić information content (AvgIpc) is 2.79. The monoisotopic (exact) mass is 473 g/mol. The Kier molecular flexibility index (Phi) is 6.09. The van der Waals surface area contributed by atoms with E-state index in [2.05, 4.69) is 10.2 Å². The molecule has 1 aliphatic rings. The number of nitrogens with zero attached hydrogens (tertiary/aromatic N) is 5. The van der Waals surface area contributed by atoms with Crippen LogP contribution in [0.4, 0.5) is 11.5 Å². The van der Waals surface area contributed by atoms with E-state index in [0.717, 1.165) is 11.6 Å². The van der Waals surface area contributed by atoms with E-state index in [0.29, 0.717) is 35.2 Å². The molecule has 0 aliphatic carbocycles. The van der Waals surface area contributed by atoms with Crippen molar-refractivity contribution in [3.63, 3.8) is 0 Å². The van der Waals surface area contributed by atoms with E-state index in [1.165, 1.54) is 16.4 Å². The summed E-state index contributed by atoms with van der Waals surface area (Å²) in [6.45, 7) is 2.94. The maximum Gasteiger partial charge on any atom is 0.270 e. The number of anilines is 1. The quantitative estimate of drug-likeness (QED) is 0.411. The van der Waals surface area contributed by atoms with Crippen molar-refractivity contribution in [3.05, 3.63) is 75.3 Å². The third kappa shape index (κ3) is 4.29. The standard InChI is InChI=1S/C21H20ClN5O4S/c1-15-6-7-16(27(28)29)14-20(15)32(30,31)26-12-10-25(11-13-26)21-9-8-19(23-24-21)17-4-2-3-5-18(17)22/h2-9,14H,10-13H2,1H3. The number of aryl methyl sites for hydroxylation is 1. The predicted molar refractivity (Wildman–Crippen MR) is 121 cm³/mol. The van der Waals surface area contributed by atoms with Crippen molar-refractivity contribution < 1.29 is 13.3 Å². The summed E-state index contributed by atoms with van der Waals surface area (Å²) in [6, 6.07) is 14.9. The third-order valence-electron chi connectivity index (χ3n) is 5.36. The summed E-state index contributed by atoms with van der Waals surface area (Å²) in [5.74, 6) is 0.643. The van der Waals surface area contributed by atoms with Gasteiger partial charge in [-0.05, 0) is 30.7 Å². The van der Waals surface area contributed by atoms with E-state index in [1.807, 2.05) is 35.2 Å². The van der Waals surface area contributed by atoms with E-state index in [1.54, 1.807) is 13.0 Å². The number of nitro groups is 1. The van der Waals surface area contributed by atoms with Gasteiger partial charge in [0.2, 0.25) is 10.0 Å². The fraction of sp³-hybridized carbons (Fsp3) is 0.238. The van der Waals surface area contributed by atoms with Crippen LogP contribution >= 0.6 is 11.6 Å². The average molecular weight is 474 g/mol. The van der Waals surface area contributed by atoms with Gasteiger partial charge in [-0.2, -0.15) is 4.31 Å². The Morgan fingerprint density at radius 3 is 2.34 bits per heavy atom. The summed E-state index contributed by atoms with van der Waals surface area (Å²) in [5.41, 5.74) is 1.67. The molecular weight excluding hydrogens is 454 g/mol. The molecule has 1 aliphatic heterocycles. The summed E-state index contributed by atoms with van der Waals surface area (Å²) < 4.78 is 27.6. The normalized spacial score (nSPS) is 15.0. The molecule has 0 unspecified atom stereocenters. The van der Waals surface area contributed by atoms with Gasteiger partial charge in [0.1, 0.15) is 0 Å². The largest absolute Gasteiger partial charge is 0.352 e. The van der Waals surface area contributed by atoms with Crippen molar-refractivity contribution in [1.29, 1.82) is 0 Å². The van der Waals surface area contributed by atoms with Gasteiger partial charge in [-0.15, -0.1) is 10.2 Å². The molecule has 11 heteroatoms. The number of rotatable bonds is 5. The molecule has 2 aromatic carbocycles. The van der Waals surface area contributed by atoms with Crippen LogP contribution in [0.5, 0.6) is 0 Å². The van der Waals surface area contributed by atoms with Crippen molar-refractivity contribution in [2.24, 2.45) is 0 Å². The Bertz CT molecular complexity index is 1260. The first-order valence-electron chi connectivity index (χ1n) is 9.86. The van der Waals surface area contributed by atoms with Crippen molar-refractivity contribution >= 4 is 33.1 Å². The van der Waals surface area contributed by atoms with Crippen LogP contribution < -0.4 is 4.90 Å². The summed E-state index contributed by atoms with van der Waals surface area (Å²) in [6.07, 6.45) is 0. The molecule has 0 spiro atoms. The van der Waals surface area contributed by atoms with Crippen LogP contribution in [-0.4, -0.2) is 54.0 Å². The number of sulfonamides is 1. The number of piperazine rings is 1. The lowest BCUT2D eigenvalue weighted by atomic mass is 10.1. The number of nitro benzene ring substituents is 1. The SMILES string of the molecule is Cc1ccc([N+](=O)[O-])cc1S(=O)(=O)N1CCN(c2ccc(-c3ccccc3Cl)nn2)CC1. The fourth-order valence-corrected chi connectivity index (χ4v) is 5.48. The Balaban J connectivity index is 1.48. The van der Waals surface area contributed by atoms with Gasteiger partial charge in [0.25, 0.3) is 5.69 Å². The topological polar surface area (TPSA) is 110 Å². The Morgan fingerprint density at radius 2 is 1.72 bits per heavy atom. The second kappa shape index (κ2) is 8.81. The maximum atomic E-state index is 13.1.